The van der Waals surface area contributed by atoms with Gasteiger partial charge in [-0.25, -0.2) is 0 Å². The van der Waals surface area contributed by atoms with Crippen molar-refractivity contribution in [2.75, 3.05) is 6.61 Å². The number of rotatable bonds is 5. The van der Waals surface area contributed by atoms with Crippen molar-refractivity contribution in [1.82, 2.24) is 9.78 Å². The number of aromatic nitrogens is 2. The Kier molecular flexibility index (Phi) is 5.23. The van der Waals surface area contributed by atoms with Crippen LogP contribution in [0.2, 0.25) is 0 Å². The molecule has 0 fully saturated rings. The van der Waals surface area contributed by atoms with E-state index in [1.807, 2.05) is 42.6 Å². The number of hydrogen-bond acceptors (Lipinski definition) is 2. The van der Waals surface area contributed by atoms with Crippen LogP contribution in [0.5, 0.6) is 0 Å². The smallest absolute Gasteiger partial charge is 0.366 e. The van der Waals surface area contributed by atoms with Crippen LogP contribution in [-0.4, -0.2) is 22.6 Å². The van der Waals surface area contributed by atoms with Gasteiger partial charge in [-0.15, -0.1) is 0 Å². The molecule has 0 spiro atoms. The molecule has 0 aliphatic carbocycles. The van der Waals surface area contributed by atoms with Gasteiger partial charge in [-0.1, -0.05) is 6.92 Å². The van der Waals surface area contributed by atoms with Gasteiger partial charge >= 0.3 is 6.18 Å². The Balaban J connectivity index is 2.57. The Bertz CT molecular complexity index is 365. The summed E-state index contributed by atoms with van der Waals surface area (Å²) >= 11 is 2.05. The van der Waals surface area contributed by atoms with Crippen LogP contribution in [-0.2, 0) is 11.3 Å². The van der Waals surface area contributed by atoms with E-state index in [2.05, 4.69) is 9.84 Å². The molecule has 0 saturated carbocycles. The van der Waals surface area contributed by atoms with Crippen LogP contribution in [0.1, 0.15) is 32.0 Å². The van der Waals surface area contributed by atoms with Crippen LogP contribution in [0.3, 0.4) is 0 Å². The van der Waals surface area contributed by atoms with E-state index in [0.717, 1.165) is 9.99 Å². The molecule has 0 aromatic carbocycles. The molecule has 0 bridgehead atoms. The van der Waals surface area contributed by atoms with Gasteiger partial charge in [0.1, 0.15) is 12.3 Å². The van der Waals surface area contributed by atoms with Gasteiger partial charge in [-0.2, -0.15) is 18.3 Å². The molecule has 3 nitrogen and oxygen atoms in total. The highest BCUT2D eigenvalue weighted by Gasteiger charge is 2.27. The van der Waals surface area contributed by atoms with Gasteiger partial charge in [-0.05, 0) is 35.9 Å². The summed E-state index contributed by atoms with van der Waals surface area (Å²) in [7, 11) is 0. The number of nitrogens with zero attached hydrogens (tertiary/aromatic N) is 2. The van der Waals surface area contributed by atoms with E-state index in [0.29, 0.717) is 5.69 Å². The van der Waals surface area contributed by atoms with Crippen LogP contribution in [0.4, 0.5) is 13.2 Å². The molecule has 1 aromatic rings. The Morgan fingerprint density at radius 1 is 1.53 bits per heavy atom. The Labute approximate surface area is 111 Å². The predicted molar refractivity (Wildman–Crippen MR) is 65.7 cm³/mol. The molecule has 0 unspecified atom stereocenters. The molecule has 1 heterocycles. The average molecular weight is 362 g/mol. The third-order valence-electron chi connectivity index (χ3n) is 2.30. The molecule has 7 heteroatoms. The molecule has 1 atom stereocenters. The van der Waals surface area contributed by atoms with Crippen LogP contribution in [0, 0.1) is 3.57 Å². The first-order valence-corrected chi connectivity index (χ1v) is 6.29. The zero-order chi connectivity index (χ0) is 13.1. The number of halogens is 4. The maximum absolute atomic E-state index is 11.9. The van der Waals surface area contributed by atoms with Crippen LogP contribution >= 0.6 is 22.6 Å². The monoisotopic (exact) mass is 362 g/mol. The van der Waals surface area contributed by atoms with Crippen molar-refractivity contribution in [1.29, 1.82) is 0 Å². The lowest BCUT2D eigenvalue weighted by molar-refractivity contribution is -0.176. The molecule has 0 aliphatic rings. The molecule has 0 radical (unpaired) electrons. The van der Waals surface area contributed by atoms with E-state index in [1.54, 1.807) is 4.68 Å². The summed E-state index contributed by atoms with van der Waals surface area (Å²) in [6, 6.07) is 0.236. The molecule has 0 saturated heterocycles. The van der Waals surface area contributed by atoms with E-state index < -0.39 is 12.8 Å². The third-order valence-corrected chi connectivity index (χ3v) is 3.21. The largest absolute Gasteiger partial charge is 0.411 e. The molecule has 98 valence electrons. The highest BCUT2D eigenvalue weighted by atomic mass is 127. The second-order valence-electron chi connectivity index (χ2n) is 3.77. The van der Waals surface area contributed by atoms with Crippen LogP contribution in [0.15, 0.2) is 6.20 Å². The minimum absolute atomic E-state index is 0.110. The number of alkyl halides is 3. The van der Waals surface area contributed by atoms with Crippen molar-refractivity contribution in [3.63, 3.8) is 0 Å². The highest BCUT2D eigenvalue weighted by molar-refractivity contribution is 14.1. The van der Waals surface area contributed by atoms with E-state index in [4.69, 9.17) is 0 Å². The molecular weight excluding hydrogens is 348 g/mol. The first-order valence-electron chi connectivity index (χ1n) is 5.21. The standard InChI is InChI=1S/C10H14F3IN2O/c1-3-7(2)16-4-8(14)9(15-16)5-17-6-10(11,12)13/h4,7H,3,5-6H2,1-2H3/t7-/m0/s1. The minimum Gasteiger partial charge on any atom is -0.366 e. The molecule has 1 rings (SSSR count). The first-order chi connectivity index (χ1) is 7.83. The highest BCUT2D eigenvalue weighted by Crippen LogP contribution is 2.19. The maximum Gasteiger partial charge on any atom is 0.411 e. The van der Waals surface area contributed by atoms with Gasteiger partial charge in [0, 0.05) is 12.2 Å². The summed E-state index contributed by atoms with van der Waals surface area (Å²) in [4.78, 5) is 0. The normalized spacial score (nSPS) is 14.0. The van der Waals surface area contributed by atoms with Gasteiger partial charge in [0.2, 0.25) is 0 Å². The van der Waals surface area contributed by atoms with Gasteiger partial charge < -0.3 is 4.74 Å². The van der Waals surface area contributed by atoms with Gasteiger partial charge in [0.05, 0.1) is 10.2 Å². The van der Waals surface area contributed by atoms with Crippen molar-refractivity contribution >= 4 is 22.6 Å². The Morgan fingerprint density at radius 3 is 2.71 bits per heavy atom. The second-order valence-corrected chi connectivity index (χ2v) is 4.93. The molecule has 1 aromatic heterocycles. The molecule has 0 N–H and O–H groups in total. The summed E-state index contributed by atoms with van der Waals surface area (Å²) in [6.07, 6.45) is -1.55. The van der Waals surface area contributed by atoms with Crippen molar-refractivity contribution in [3.05, 3.63) is 15.5 Å². The summed E-state index contributed by atoms with van der Waals surface area (Å²) < 4.78 is 42.9. The third kappa shape index (κ3) is 4.82. The Morgan fingerprint density at radius 2 is 2.18 bits per heavy atom. The molecular formula is C10H14F3IN2O. The lowest BCUT2D eigenvalue weighted by Gasteiger charge is -2.08. The topological polar surface area (TPSA) is 27.1 Å². The second kappa shape index (κ2) is 6.03. The van der Waals surface area contributed by atoms with Crippen molar-refractivity contribution < 1.29 is 17.9 Å². The van der Waals surface area contributed by atoms with E-state index in [-0.39, 0.29) is 12.6 Å². The minimum atomic E-state index is -4.29. The predicted octanol–water partition coefficient (Wildman–Crippen LogP) is 3.54. The van der Waals surface area contributed by atoms with Crippen LogP contribution in [0.25, 0.3) is 0 Å². The molecule has 17 heavy (non-hydrogen) atoms. The Hall–Kier alpha value is -0.310. The summed E-state index contributed by atoms with van der Waals surface area (Å²) in [5, 5.41) is 4.22. The lowest BCUT2D eigenvalue weighted by atomic mass is 10.3. The van der Waals surface area contributed by atoms with E-state index in [9.17, 15) is 13.2 Å². The van der Waals surface area contributed by atoms with Crippen molar-refractivity contribution in [2.45, 2.75) is 39.1 Å². The average Bonchev–Trinajstić information content (AvgIpc) is 2.57. The fraction of sp³-hybridized carbons (Fsp3) is 0.700. The molecule has 0 amide bonds. The summed E-state index contributed by atoms with van der Waals surface area (Å²) in [5.74, 6) is 0. The summed E-state index contributed by atoms with van der Waals surface area (Å²) in [6.45, 7) is 2.68. The lowest BCUT2D eigenvalue weighted by Crippen LogP contribution is -2.17. The number of ether oxygens (including phenoxy) is 1. The van der Waals surface area contributed by atoms with Crippen molar-refractivity contribution in [2.24, 2.45) is 0 Å². The van der Waals surface area contributed by atoms with Crippen LogP contribution < -0.4 is 0 Å². The van der Waals surface area contributed by atoms with E-state index >= 15 is 0 Å². The maximum atomic E-state index is 11.9. The fourth-order valence-electron chi connectivity index (χ4n) is 1.18. The quantitative estimate of drug-likeness (QED) is 0.750. The van der Waals surface area contributed by atoms with Gasteiger partial charge in [0.15, 0.2) is 0 Å². The molecule has 0 aliphatic heterocycles. The summed E-state index contributed by atoms with van der Waals surface area (Å²) in [5.41, 5.74) is 0.551. The first kappa shape index (κ1) is 14.7. The number of hydrogen-bond donors (Lipinski definition) is 0. The zero-order valence-electron chi connectivity index (χ0n) is 9.59. The van der Waals surface area contributed by atoms with Crippen molar-refractivity contribution in [3.8, 4) is 0 Å². The van der Waals surface area contributed by atoms with Gasteiger partial charge in [-0.3, -0.25) is 4.68 Å². The van der Waals surface area contributed by atoms with Gasteiger partial charge in [0.25, 0.3) is 0 Å². The zero-order valence-corrected chi connectivity index (χ0v) is 11.7. The fourth-order valence-corrected chi connectivity index (χ4v) is 1.73. The van der Waals surface area contributed by atoms with E-state index in [1.165, 1.54) is 0 Å². The SMILES string of the molecule is CC[C@H](C)n1cc(I)c(COCC(F)(F)F)n1.